The summed E-state index contributed by atoms with van der Waals surface area (Å²) < 4.78 is 0. The van der Waals surface area contributed by atoms with Gasteiger partial charge in [0.25, 0.3) is 0 Å². The second-order valence-electron chi connectivity index (χ2n) is 6.33. The molecule has 1 aromatic carbocycles. The maximum Gasteiger partial charge on any atom is 0.0619 e. The SMILES string of the molecule is CCc1ccc(C(Cl)C2C3CCCCC32)cc1CC. The molecule has 0 aromatic heterocycles. The van der Waals surface area contributed by atoms with Gasteiger partial charge in [0.15, 0.2) is 0 Å². The van der Waals surface area contributed by atoms with Crippen molar-refractivity contribution in [3.8, 4) is 0 Å². The molecule has 19 heavy (non-hydrogen) atoms. The summed E-state index contributed by atoms with van der Waals surface area (Å²) in [5, 5.41) is 0.254. The number of fused-ring (bicyclic) bond motifs is 1. The summed E-state index contributed by atoms with van der Waals surface area (Å²) in [6, 6.07) is 6.95. The van der Waals surface area contributed by atoms with Crippen LogP contribution >= 0.6 is 11.6 Å². The maximum absolute atomic E-state index is 6.80. The van der Waals surface area contributed by atoms with Crippen molar-refractivity contribution >= 4 is 11.6 Å². The van der Waals surface area contributed by atoms with E-state index in [2.05, 4.69) is 32.0 Å². The molecule has 0 heterocycles. The Labute approximate surface area is 122 Å². The van der Waals surface area contributed by atoms with Crippen molar-refractivity contribution in [2.45, 2.75) is 57.7 Å². The fraction of sp³-hybridized carbons (Fsp3) is 0.667. The van der Waals surface area contributed by atoms with Gasteiger partial charge in [-0.15, -0.1) is 11.6 Å². The van der Waals surface area contributed by atoms with Gasteiger partial charge < -0.3 is 0 Å². The van der Waals surface area contributed by atoms with Gasteiger partial charge in [-0.3, -0.25) is 0 Å². The number of aryl methyl sites for hydroxylation is 2. The average molecular weight is 277 g/mol. The van der Waals surface area contributed by atoms with Crippen LogP contribution in [0.15, 0.2) is 18.2 Å². The fourth-order valence-electron chi connectivity index (χ4n) is 4.20. The zero-order chi connectivity index (χ0) is 13.4. The molecule has 3 unspecified atom stereocenters. The Hall–Kier alpha value is -0.490. The number of halogens is 1. The number of hydrogen-bond acceptors (Lipinski definition) is 0. The number of hydrogen-bond donors (Lipinski definition) is 0. The number of rotatable bonds is 4. The molecule has 0 saturated heterocycles. The van der Waals surface area contributed by atoms with Gasteiger partial charge in [-0.1, -0.05) is 44.9 Å². The van der Waals surface area contributed by atoms with Crippen LogP contribution in [0.1, 0.15) is 61.6 Å². The van der Waals surface area contributed by atoms with E-state index in [0.29, 0.717) is 0 Å². The first-order chi connectivity index (χ1) is 9.26. The number of benzene rings is 1. The largest absolute Gasteiger partial charge is 0.117 e. The van der Waals surface area contributed by atoms with Crippen LogP contribution in [0.5, 0.6) is 0 Å². The highest BCUT2D eigenvalue weighted by atomic mass is 35.5. The van der Waals surface area contributed by atoms with Gasteiger partial charge in [-0.05, 0) is 60.1 Å². The lowest BCUT2D eigenvalue weighted by Crippen LogP contribution is -1.99. The third-order valence-electron chi connectivity index (χ3n) is 5.37. The van der Waals surface area contributed by atoms with Crippen molar-refractivity contribution in [2.24, 2.45) is 17.8 Å². The molecule has 0 radical (unpaired) electrons. The van der Waals surface area contributed by atoms with Gasteiger partial charge in [0.1, 0.15) is 0 Å². The highest BCUT2D eigenvalue weighted by molar-refractivity contribution is 6.21. The molecule has 2 aliphatic rings. The summed E-state index contributed by atoms with van der Waals surface area (Å²) in [6.07, 6.45) is 7.95. The lowest BCUT2D eigenvalue weighted by molar-refractivity contribution is 0.480. The monoisotopic (exact) mass is 276 g/mol. The zero-order valence-electron chi connectivity index (χ0n) is 12.2. The molecule has 0 nitrogen and oxygen atoms in total. The molecule has 1 heteroatoms. The van der Waals surface area contributed by atoms with E-state index in [9.17, 15) is 0 Å². The van der Waals surface area contributed by atoms with Gasteiger partial charge in [0.05, 0.1) is 5.38 Å². The van der Waals surface area contributed by atoms with E-state index < -0.39 is 0 Å². The van der Waals surface area contributed by atoms with Crippen molar-refractivity contribution in [2.75, 3.05) is 0 Å². The molecule has 1 aromatic rings. The minimum atomic E-state index is 0.254. The molecular weight excluding hydrogens is 252 g/mol. The summed E-state index contributed by atoms with van der Waals surface area (Å²) in [6.45, 7) is 4.49. The topological polar surface area (TPSA) is 0 Å². The van der Waals surface area contributed by atoms with Gasteiger partial charge in [-0.25, -0.2) is 0 Å². The van der Waals surface area contributed by atoms with Gasteiger partial charge in [-0.2, -0.15) is 0 Å². The normalized spacial score (nSPS) is 30.8. The van der Waals surface area contributed by atoms with E-state index in [4.69, 9.17) is 11.6 Å². The summed E-state index contributed by atoms with van der Waals surface area (Å²) in [5.74, 6) is 2.64. The predicted octanol–water partition coefficient (Wildman–Crippen LogP) is 5.53. The first-order valence-electron chi connectivity index (χ1n) is 8.02. The van der Waals surface area contributed by atoms with Crippen LogP contribution in [0, 0.1) is 17.8 Å². The molecule has 0 spiro atoms. The number of alkyl halides is 1. The smallest absolute Gasteiger partial charge is 0.0619 e. The minimum absolute atomic E-state index is 0.254. The maximum atomic E-state index is 6.80. The Morgan fingerprint density at radius 3 is 2.26 bits per heavy atom. The van der Waals surface area contributed by atoms with Crippen molar-refractivity contribution in [3.05, 3.63) is 34.9 Å². The lowest BCUT2D eigenvalue weighted by Gasteiger charge is -2.14. The molecule has 2 saturated carbocycles. The van der Waals surface area contributed by atoms with Crippen LogP contribution in [-0.2, 0) is 12.8 Å². The van der Waals surface area contributed by atoms with Crippen LogP contribution in [0.3, 0.4) is 0 Å². The van der Waals surface area contributed by atoms with Crippen LogP contribution in [0.4, 0.5) is 0 Å². The molecule has 0 aliphatic heterocycles. The second-order valence-corrected chi connectivity index (χ2v) is 6.80. The van der Waals surface area contributed by atoms with Crippen molar-refractivity contribution in [1.82, 2.24) is 0 Å². The third-order valence-corrected chi connectivity index (χ3v) is 5.91. The van der Waals surface area contributed by atoms with Crippen LogP contribution in [0.25, 0.3) is 0 Å². The molecule has 2 aliphatic carbocycles. The fourth-order valence-corrected chi connectivity index (χ4v) is 4.70. The van der Waals surface area contributed by atoms with E-state index >= 15 is 0 Å². The van der Waals surface area contributed by atoms with E-state index in [1.165, 1.54) is 42.4 Å². The second kappa shape index (κ2) is 5.48. The van der Waals surface area contributed by atoms with E-state index in [-0.39, 0.29) is 5.38 Å². The summed E-state index contributed by atoms with van der Waals surface area (Å²) in [4.78, 5) is 0. The first kappa shape index (κ1) is 13.5. The Bertz CT molecular complexity index is 439. The van der Waals surface area contributed by atoms with Gasteiger partial charge in [0.2, 0.25) is 0 Å². The summed E-state index contributed by atoms with van der Waals surface area (Å²) in [7, 11) is 0. The van der Waals surface area contributed by atoms with E-state index in [0.717, 1.165) is 30.6 Å². The minimum Gasteiger partial charge on any atom is -0.117 e. The molecular formula is C18H25Cl. The van der Waals surface area contributed by atoms with Gasteiger partial charge in [0, 0.05) is 0 Å². The van der Waals surface area contributed by atoms with E-state index in [1.807, 2.05) is 0 Å². The third kappa shape index (κ3) is 2.44. The molecule has 2 fully saturated rings. The lowest BCUT2D eigenvalue weighted by atomic mass is 9.97. The van der Waals surface area contributed by atoms with Crippen molar-refractivity contribution in [1.29, 1.82) is 0 Å². The molecule has 0 amide bonds. The van der Waals surface area contributed by atoms with Gasteiger partial charge >= 0.3 is 0 Å². The molecule has 3 rings (SSSR count). The molecule has 104 valence electrons. The van der Waals surface area contributed by atoms with Crippen LogP contribution in [0.2, 0.25) is 0 Å². The average Bonchev–Trinajstić information content (AvgIpc) is 3.20. The Morgan fingerprint density at radius 2 is 1.68 bits per heavy atom. The van der Waals surface area contributed by atoms with Crippen molar-refractivity contribution < 1.29 is 0 Å². The highest BCUT2D eigenvalue weighted by Crippen LogP contribution is 2.62. The Balaban J connectivity index is 1.78. The standard InChI is InChI=1S/C18H25Cl/c1-3-12-9-10-14(11-13(12)4-2)18(19)17-15-7-5-6-8-16(15)17/h9-11,15-18H,3-8H2,1-2H3. The molecule has 3 atom stereocenters. The zero-order valence-corrected chi connectivity index (χ0v) is 12.9. The van der Waals surface area contributed by atoms with Crippen molar-refractivity contribution in [3.63, 3.8) is 0 Å². The highest BCUT2D eigenvalue weighted by Gasteiger charge is 2.53. The first-order valence-corrected chi connectivity index (χ1v) is 8.45. The summed E-state index contributed by atoms with van der Waals surface area (Å²) >= 11 is 6.80. The molecule has 0 N–H and O–H groups in total. The summed E-state index contributed by atoms with van der Waals surface area (Å²) in [5.41, 5.74) is 4.35. The van der Waals surface area contributed by atoms with Crippen LogP contribution in [-0.4, -0.2) is 0 Å². The van der Waals surface area contributed by atoms with E-state index in [1.54, 1.807) is 0 Å². The Morgan fingerprint density at radius 1 is 1.05 bits per heavy atom. The predicted molar refractivity (Wildman–Crippen MR) is 82.7 cm³/mol. The quantitative estimate of drug-likeness (QED) is 0.635. The molecule has 0 bridgehead atoms. The Kier molecular flexibility index (Phi) is 3.89. The van der Waals surface area contributed by atoms with Crippen LogP contribution < -0.4 is 0 Å².